The number of furan rings is 1. The zero-order valence-electron chi connectivity index (χ0n) is 13.6. The van der Waals surface area contributed by atoms with Crippen LogP contribution in [0.3, 0.4) is 0 Å². The highest BCUT2D eigenvalue weighted by atomic mass is 35.5. The van der Waals surface area contributed by atoms with Crippen molar-refractivity contribution in [3.05, 3.63) is 70.8 Å². The molecule has 4 aromatic rings. The smallest absolute Gasteiger partial charge is 0.292 e. The van der Waals surface area contributed by atoms with Gasteiger partial charge in [0.2, 0.25) is 0 Å². The number of carbonyl (C=O) groups is 1. The summed E-state index contributed by atoms with van der Waals surface area (Å²) in [6, 6.07) is 10.8. The predicted molar refractivity (Wildman–Crippen MR) is 101 cm³/mol. The molecule has 0 fully saturated rings. The number of hydrogen-bond donors (Lipinski definition) is 1. The fraction of sp³-hybridized carbons (Fsp3) is 0.0556. The molecular formula is C18H13ClN4O2S. The average molecular weight is 385 g/mol. The molecule has 0 aliphatic rings. The van der Waals surface area contributed by atoms with Gasteiger partial charge in [0.1, 0.15) is 11.6 Å². The maximum absolute atomic E-state index is 12.3. The van der Waals surface area contributed by atoms with E-state index < -0.39 is 0 Å². The highest BCUT2D eigenvalue weighted by Gasteiger charge is 2.17. The molecule has 8 heteroatoms. The Hall–Kier alpha value is -2.90. The molecule has 0 bridgehead atoms. The van der Waals surface area contributed by atoms with Crippen molar-refractivity contribution < 1.29 is 9.21 Å². The number of aromatic nitrogens is 3. The third-order valence-electron chi connectivity index (χ3n) is 3.75. The summed E-state index contributed by atoms with van der Waals surface area (Å²) in [6.07, 6.45) is 3.05. The molecule has 0 radical (unpaired) electrons. The predicted octanol–water partition coefficient (Wildman–Crippen LogP) is 4.80. The van der Waals surface area contributed by atoms with Crippen molar-refractivity contribution in [2.75, 3.05) is 5.32 Å². The van der Waals surface area contributed by atoms with Gasteiger partial charge in [0.15, 0.2) is 10.9 Å². The number of hydrogen-bond acceptors (Lipinski definition) is 5. The van der Waals surface area contributed by atoms with E-state index in [1.165, 1.54) is 17.6 Å². The van der Waals surface area contributed by atoms with Gasteiger partial charge in [-0.05, 0) is 31.2 Å². The average Bonchev–Trinajstić information content (AvgIpc) is 3.36. The molecule has 3 heterocycles. The Balaban J connectivity index is 1.65. The molecule has 0 aliphatic heterocycles. The minimum Gasteiger partial charge on any atom is -0.459 e. The Morgan fingerprint density at radius 3 is 2.81 bits per heavy atom. The van der Waals surface area contributed by atoms with Gasteiger partial charge in [0, 0.05) is 16.0 Å². The second kappa shape index (κ2) is 6.78. The van der Waals surface area contributed by atoms with Gasteiger partial charge >= 0.3 is 0 Å². The molecule has 0 saturated carbocycles. The normalized spacial score (nSPS) is 10.8. The van der Waals surface area contributed by atoms with Gasteiger partial charge in [0.25, 0.3) is 5.91 Å². The van der Waals surface area contributed by atoms with Crippen LogP contribution in [0.1, 0.15) is 16.4 Å². The number of rotatable bonds is 4. The van der Waals surface area contributed by atoms with E-state index >= 15 is 0 Å². The SMILES string of the molecule is Cc1ncc(NC(=O)c2ccco2)n1-c1nc(-c2ccc(Cl)cc2)cs1. The van der Waals surface area contributed by atoms with Crippen molar-refractivity contribution in [1.82, 2.24) is 14.5 Å². The third-order valence-corrected chi connectivity index (χ3v) is 4.83. The van der Waals surface area contributed by atoms with Crippen molar-refractivity contribution in [3.63, 3.8) is 0 Å². The molecule has 1 amide bonds. The van der Waals surface area contributed by atoms with Crippen LogP contribution in [0.5, 0.6) is 0 Å². The monoisotopic (exact) mass is 384 g/mol. The highest BCUT2D eigenvalue weighted by Crippen LogP contribution is 2.28. The second-order valence-corrected chi connectivity index (χ2v) is 6.75. The number of halogens is 1. The van der Waals surface area contributed by atoms with E-state index in [-0.39, 0.29) is 11.7 Å². The number of thiazole rings is 1. The standard InChI is InChI=1S/C18H13ClN4O2S/c1-11-20-9-16(22-17(24)15-3-2-8-25-15)23(11)18-21-14(10-26-18)12-4-6-13(19)7-5-12/h2-10H,1H3,(H,22,24). The minimum absolute atomic E-state index is 0.233. The van der Waals surface area contributed by atoms with E-state index in [0.29, 0.717) is 16.0 Å². The lowest BCUT2D eigenvalue weighted by atomic mass is 10.2. The number of anilines is 1. The summed E-state index contributed by atoms with van der Waals surface area (Å²) in [7, 11) is 0. The molecule has 0 saturated heterocycles. The quantitative estimate of drug-likeness (QED) is 0.548. The van der Waals surface area contributed by atoms with Crippen LogP contribution in [0.15, 0.2) is 58.7 Å². The Morgan fingerprint density at radius 1 is 1.27 bits per heavy atom. The van der Waals surface area contributed by atoms with Gasteiger partial charge in [-0.25, -0.2) is 9.97 Å². The van der Waals surface area contributed by atoms with Crippen LogP contribution in [0.4, 0.5) is 5.82 Å². The molecule has 1 N–H and O–H groups in total. The number of amides is 1. The van der Waals surface area contributed by atoms with Crippen molar-refractivity contribution in [2.45, 2.75) is 6.92 Å². The first-order valence-corrected chi connectivity index (χ1v) is 8.98. The zero-order valence-corrected chi connectivity index (χ0v) is 15.2. The van der Waals surface area contributed by atoms with Crippen molar-refractivity contribution in [1.29, 1.82) is 0 Å². The highest BCUT2D eigenvalue weighted by molar-refractivity contribution is 7.12. The summed E-state index contributed by atoms with van der Waals surface area (Å²) >= 11 is 7.40. The second-order valence-electron chi connectivity index (χ2n) is 5.48. The first kappa shape index (κ1) is 16.6. The van der Waals surface area contributed by atoms with Gasteiger partial charge < -0.3 is 9.73 Å². The van der Waals surface area contributed by atoms with Gasteiger partial charge in [-0.15, -0.1) is 11.3 Å². The van der Waals surface area contributed by atoms with Crippen LogP contribution in [0, 0.1) is 6.92 Å². The van der Waals surface area contributed by atoms with E-state index in [1.54, 1.807) is 22.9 Å². The molecule has 0 unspecified atom stereocenters. The summed E-state index contributed by atoms with van der Waals surface area (Å²) in [5.41, 5.74) is 1.80. The molecule has 130 valence electrons. The number of imidazole rings is 1. The van der Waals surface area contributed by atoms with Crippen LogP contribution in [0.2, 0.25) is 5.02 Å². The maximum Gasteiger partial charge on any atom is 0.292 e. The van der Waals surface area contributed by atoms with E-state index in [2.05, 4.69) is 15.3 Å². The number of carbonyl (C=O) groups excluding carboxylic acids is 1. The first-order valence-electron chi connectivity index (χ1n) is 7.73. The topological polar surface area (TPSA) is 73.0 Å². The van der Waals surface area contributed by atoms with E-state index in [9.17, 15) is 4.79 Å². The fourth-order valence-corrected chi connectivity index (χ4v) is 3.50. The van der Waals surface area contributed by atoms with Crippen LogP contribution in [0.25, 0.3) is 16.4 Å². The summed E-state index contributed by atoms with van der Waals surface area (Å²) in [4.78, 5) is 21.2. The summed E-state index contributed by atoms with van der Waals surface area (Å²) in [5.74, 6) is 1.14. The van der Waals surface area contributed by atoms with Crippen LogP contribution < -0.4 is 5.32 Å². The molecule has 3 aromatic heterocycles. The molecule has 4 rings (SSSR count). The van der Waals surface area contributed by atoms with Gasteiger partial charge in [0.05, 0.1) is 18.2 Å². The largest absolute Gasteiger partial charge is 0.459 e. The number of nitrogens with one attached hydrogen (secondary N) is 1. The molecule has 0 aliphatic carbocycles. The maximum atomic E-state index is 12.3. The summed E-state index contributed by atoms with van der Waals surface area (Å²) < 4.78 is 6.92. The van der Waals surface area contributed by atoms with Crippen molar-refractivity contribution >= 4 is 34.7 Å². The molecule has 0 atom stereocenters. The Bertz CT molecular complexity index is 1050. The molecular weight excluding hydrogens is 372 g/mol. The fourth-order valence-electron chi connectivity index (χ4n) is 2.48. The number of benzene rings is 1. The minimum atomic E-state index is -0.342. The van der Waals surface area contributed by atoms with Crippen LogP contribution in [-0.2, 0) is 0 Å². The molecule has 6 nitrogen and oxygen atoms in total. The van der Waals surface area contributed by atoms with Gasteiger partial charge in [-0.2, -0.15) is 0 Å². The Labute approximate surface area is 158 Å². The summed E-state index contributed by atoms with van der Waals surface area (Å²) in [6.45, 7) is 1.85. The van der Waals surface area contributed by atoms with E-state index in [1.807, 2.05) is 36.6 Å². The molecule has 1 aromatic carbocycles. The lowest BCUT2D eigenvalue weighted by molar-refractivity contribution is 0.0996. The third kappa shape index (κ3) is 3.14. The lowest BCUT2D eigenvalue weighted by Gasteiger charge is -2.07. The van der Waals surface area contributed by atoms with Gasteiger partial charge in [-0.3, -0.25) is 9.36 Å². The van der Waals surface area contributed by atoms with Crippen molar-refractivity contribution in [2.24, 2.45) is 0 Å². The Kier molecular flexibility index (Phi) is 4.32. The van der Waals surface area contributed by atoms with Crippen molar-refractivity contribution in [3.8, 4) is 16.4 Å². The van der Waals surface area contributed by atoms with Crippen LogP contribution >= 0.6 is 22.9 Å². The zero-order chi connectivity index (χ0) is 18.1. The summed E-state index contributed by atoms with van der Waals surface area (Å²) in [5, 5.41) is 6.15. The van der Waals surface area contributed by atoms with E-state index in [4.69, 9.17) is 16.0 Å². The Morgan fingerprint density at radius 2 is 2.08 bits per heavy atom. The van der Waals surface area contributed by atoms with E-state index in [0.717, 1.165) is 17.1 Å². The number of aryl methyl sites for hydroxylation is 1. The lowest BCUT2D eigenvalue weighted by Crippen LogP contribution is -2.14. The van der Waals surface area contributed by atoms with Gasteiger partial charge in [-0.1, -0.05) is 23.7 Å². The van der Waals surface area contributed by atoms with Crippen LogP contribution in [-0.4, -0.2) is 20.4 Å². The first-order chi connectivity index (χ1) is 12.6. The number of nitrogens with zero attached hydrogens (tertiary/aromatic N) is 3. The molecule has 26 heavy (non-hydrogen) atoms. The molecule has 0 spiro atoms.